The largest absolute Gasteiger partial charge is 0.389 e. The van der Waals surface area contributed by atoms with E-state index in [1.165, 1.54) is 18.4 Å². The van der Waals surface area contributed by atoms with Gasteiger partial charge in [-0.3, -0.25) is 0 Å². The maximum absolute atomic E-state index is 11.7. The van der Waals surface area contributed by atoms with Gasteiger partial charge in [-0.15, -0.1) is 0 Å². The van der Waals surface area contributed by atoms with Crippen LogP contribution in [-0.2, 0) is 10.2 Å². The SMILES string of the molecule is CCN(C)S(=O)(=O)N(C)CC(C)(C)O. The molecule has 1 N–H and O–H groups in total. The number of hydrogen-bond donors (Lipinski definition) is 1. The van der Waals surface area contributed by atoms with E-state index in [2.05, 4.69) is 0 Å². The molecule has 0 aromatic heterocycles. The summed E-state index contributed by atoms with van der Waals surface area (Å²) in [5.74, 6) is 0. The van der Waals surface area contributed by atoms with E-state index in [1.807, 2.05) is 0 Å². The second-order valence-electron chi connectivity index (χ2n) is 3.99. The summed E-state index contributed by atoms with van der Waals surface area (Å²) in [4.78, 5) is 0. The Morgan fingerprint density at radius 2 is 1.64 bits per heavy atom. The first-order valence-electron chi connectivity index (χ1n) is 4.51. The molecule has 86 valence electrons. The van der Waals surface area contributed by atoms with Crippen LogP contribution in [-0.4, -0.2) is 54.9 Å². The van der Waals surface area contributed by atoms with Gasteiger partial charge in [0.1, 0.15) is 0 Å². The summed E-state index contributed by atoms with van der Waals surface area (Å²) >= 11 is 0. The molecule has 0 aliphatic carbocycles. The lowest BCUT2D eigenvalue weighted by Crippen LogP contribution is -2.45. The number of rotatable bonds is 5. The molecule has 0 aliphatic rings. The van der Waals surface area contributed by atoms with Crippen LogP contribution >= 0.6 is 0 Å². The fraction of sp³-hybridized carbons (Fsp3) is 1.00. The summed E-state index contributed by atoms with van der Waals surface area (Å²) in [5.41, 5.74) is -1.02. The molecule has 0 amide bonds. The molecule has 5 nitrogen and oxygen atoms in total. The molecule has 0 radical (unpaired) electrons. The third-order valence-corrected chi connectivity index (χ3v) is 3.81. The summed E-state index contributed by atoms with van der Waals surface area (Å²) in [5, 5.41) is 9.48. The van der Waals surface area contributed by atoms with Gasteiger partial charge in [0.25, 0.3) is 10.2 Å². The molecule has 0 saturated heterocycles. The Bertz CT molecular complexity index is 269. The lowest BCUT2D eigenvalue weighted by Gasteiger charge is -2.28. The van der Waals surface area contributed by atoms with Crippen LogP contribution in [0.3, 0.4) is 0 Å². The van der Waals surface area contributed by atoms with Crippen molar-refractivity contribution in [2.24, 2.45) is 0 Å². The molecule has 14 heavy (non-hydrogen) atoms. The smallest absolute Gasteiger partial charge is 0.281 e. The standard InChI is InChI=1S/C8H20N2O3S/c1-6-9(4)14(12,13)10(5)7-8(2,3)11/h11H,6-7H2,1-5H3. The average Bonchev–Trinajstić information content (AvgIpc) is 1.99. The van der Waals surface area contributed by atoms with Crippen molar-refractivity contribution in [2.75, 3.05) is 27.2 Å². The van der Waals surface area contributed by atoms with Crippen molar-refractivity contribution in [3.05, 3.63) is 0 Å². The first-order chi connectivity index (χ1) is 6.11. The van der Waals surface area contributed by atoms with Crippen LogP contribution in [0.25, 0.3) is 0 Å². The lowest BCUT2D eigenvalue weighted by atomic mass is 10.1. The molecule has 0 bridgehead atoms. The third kappa shape index (κ3) is 3.91. The summed E-state index contributed by atoms with van der Waals surface area (Å²) in [6.45, 7) is 5.41. The van der Waals surface area contributed by atoms with Crippen LogP contribution in [0.2, 0.25) is 0 Å². The van der Waals surface area contributed by atoms with Gasteiger partial charge in [0.2, 0.25) is 0 Å². The molecular weight excluding hydrogens is 204 g/mol. The molecule has 0 aromatic carbocycles. The maximum Gasteiger partial charge on any atom is 0.281 e. The van der Waals surface area contributed by atoms with Gasteiger partial charge in [-0.25, -0.2) is 0 Å². The summed E-state index contributed by atoms with van der Waals surface area (Å²) in [7, 11) is -0.448. The fourth-order valence-electron chi connectivity index (χ4n) is 1.03. The van der Waals surface area contributed by atoms with Crippen LogP contribution < -0.4 is 0 Å². The Labute approximate surface area is 86.5 Å². The van der Waals surface area contributed by atoms with Crippen LogP contribution in [0.5, 0.6) is 0 Å². The number of nitrogens with zero attached hydrogens (tertiary/aromatic N) is 2. The zero-order chi connectivity index (χ0) is 11.6. The van der Waals surface area contributed by atoms with Gasteiger partial charge in [0.05, 0.1) is 5.60 Å². The predicted octanol–water partition coefficient (Wildman–Crippen LogP) is -0.114. The first kappa shape index (κ1) is 13.8. The highest BCUT2D eigenvalue weighted by Gasteiger charge is 2.27. The summed E-state index contributed by atoms with van der Waals surface area (Å²) in [6.07, 6.45) is 0. The summed E-state index contributed by atoms with van der Waals surface area (Å²) in [6, 6.07) is 0. The van der Waals surface area contributed by atoms with Gasteiger partial charge >= 0.3 is 0 Å². The van der Waals surface area contributed by atoms with Gasteiger partial charge in [0.15, 0.2) is 0 Å². The summed E-state index contributed by atoms with van der Waals surface area (Å²) < 4.78 is 25.7. The minimum atomic E-state index is -3.42. The molecule has 0 spiro atoms. The molecule has 0 unspecified atom stereocenters. The molecule has 0 heterocycles. The zero-order valence-corrected chi connectivity index (χ0v) is 10.3. The van der Waals surface area contributed by atoms with E-state index in [-0.39, 0.29) is 6.54 Å². The average molecular weight is 224 g/mol. The second-order valence-corrected chi connectivity index (χ2v) is 6.13. The predicted molar refractivity (Wildman–Crippen MR) is 56.2 cm³/mol. The highest BCUT2D eigenvalue weighted by Crippen LogP contribution is 2.09. The molecule has 6 heteroatoms. The highest BCUT2D eigenvalue weighted by atomic mass is 32.2. The fourth-order valence-corrected chi connectivity index (χ4v) is 2.31. The van der Waals surface area contributed by atoms with Gasteiger partial charge in [-0.05, 0) is 13.8 Å². The Hall–Kier alpha value is -0.170. The van der Waals surface area contributed by atoms with E-state index in [9.17, 15) is 13.5 Å². The highest BCUT2D eigenvalue weighted by molar-refractivity contribution is 7.86. The van der Waals surface area contributed by atoms with Gasteiger partial charge in [-0.1, -0.05) is 6.92 Å². The minimum absolute atomic E-state index is 0.0830. The maximum atomic E-state index is 11.7. The van der Waals surface area contributed by atoms with E-state index in [0.29, 0.717) is 6.54 Å². The van der Waals surface area contributed by atoms with E-state index >= 15 is 0 Å². The lowest BCUT2D eigenvalue weighted by molar-refractivity contribution is 0.0628. The molecule has 0 fully saturated rings. The van der Waals surface area contributed by atoms with Crippen LogP contribution in [0.1, 0.15) is 20.8 Å². The zero-order valence-electron chi connectivity index (χ0n) is 9.48. The Morgan fingerprint density at radius 3 is 1.93 bits per heavy atom. The van der Waals surface area contributed by atoms with E-state index in [4.69, 9.17) is 0 Å². The van der Waals surface area contributed by atoms with Crippen molar-refractivity contribution in [1.82, 2.24) is 8.61 Å². The molecule has 0 saturated carbocycles. The molecule has 0 atom stereocenters. The van der Waals surface area contributed by atoms with Crippen LogP contribution in [0.4, 0.5) is 0 Å². The first-order valence-corrected chi connectivity index (χ1v) is 5.91. The van der Waals surface area contributed by atoms with Gasteiger partial charge < -0.3 is 5.11 Å². The number of hydrogen-bond acceptors (Lipinski definition) is 3. The second kappa shape index (κ2) is 4.57. The minimum Gasteiger partial charge on any atom is -0.389 e. The Balaban J connectivity index is 4.61. The van der Waals surface area contributed by atoms with Crippen LogP contribution in [0.15, 0.2) is 0 Å². The molecular formula is C8H20N2O3S. The third-order valence-electron chi connectivity index (χ3n) is 1.84. The number of aliphatic hydroxyl groups is 1. The monoisotopic (exact) mass is 224 g/mol. The number of likely N-dealkylation sites (N-methyl/N-ethyl adjacent to an activating group) is 1. The van der Waals surface area contributed by atoms with Crippen molar-refractivity contribution < 1.29 is 13.5 Å². The topological polar surface area (TPSA) is 60.9 Å². The quantitative estimate of drug-likeness (QED) is 0.708. The molecule has 0 aromatic rings. The van der Waals surface area contributed by atoms with E-state index in [0.717, 1.165) is 4.31 Å². The van der Waals surface area contributed by atoms with Crippen molar-refractivity contribution in [1.29, 1.82) is 0 Å². The van der Waals surface area contributed by atoms with E-state index < -0.39 is 15.8 Å². The van der Waals surface area contributed by atoms with Gasteiger partial charge in [-0.2, -0.15) is 17.0 Å². The van der Waals surface area contributed by atoms with Crippen LogP contribution in [0, 0.1) is 0 Å². The van der Waals surface area contributed by atoms with Crippen molar-refractivity contribution in [3.8, 4) is 0 Å². The molecule has 0 rings (SSSR count). The Kier molecular flexibility index (Phi) is 4.51. The van der Waals surface area contributed by atoms with E-state index in [1.54, 1.807) is 20.8 Å². The van der Waals surface area contributed by atoms with Crippen molar-refractivity contribution in [3.63, 3.8) is 0 Å². The normalized spacial score (nSPS) is 14.0. The van der Waals surface area contributed by atoms with Crippen molar-refractivity contribution >= 4 is 10.2 Å². The Morgan fingerprint density at radius 1 is 1.21 bits per heavy atom. The molecule has 0 aliphatic heterocycles. The van der Waals surface area contributed by atoms with Gasteiger partial charge in [0, 0.05) is 27.2 Å². The van der Waals surface area contributed by atoms with Crippen molar-refractivity contribution in [2.45, 2.75) is 26.4 Å².